The number of hydrogen-bond acceptors (Lipinski definition) is 5. The van der Waals surface area contributed by atoms with E-state index in [4.69, 9.17) is 13.9 Å². The van der Waals surface area contributed by atoms with Gasteiger partial charge in [-0.05, 0) is 42.0 Å². The highest BCUT2D eigenvalue weighted by atomic mass is 19.1. The number of methoxy groups -OCH3 is 2. The van der Waals surface area contributed by atoms with Crippen LogP contribution < -0.4 is 14.4 Å². The predicted octanol–water partition coefficient (Wildman–Crippen LogP) is 5.58. The standard InChI is InChI=1S/C27H27FN2O3/c1-31-24-10-6-3-7-20(24)26-17-21-19(11-12-25(32-2)27(21)33-26)18-29-13-15-30(16-14-29)23-9-5-4-8-22(23)28/h3-12,17H,13-16,18H2,1-2H3. The van der Waals surface area contributed by atoms with Gasteiger partial charge in [-0.3, -0.25) is 4.90 Å². The van der Waals surface area contributed by atoms with E-state index in [1.807, 2.05) is 42.5 Å². The first-order valence-corrected chi connectivity index (χ1v) is 11.1. The van der Waals surface area contributed by atoms with Gasteiger partial charge >= 0.3 is 0 Å². The highest BCUT2D eigenvalue weighted by Crippen LogP contribution is 2.39. The maximum Gasteiger partial charge on any atom is 0.176 e. The number of nitrogens with zero attached hydrogens (tertiary/aromatic N) is 2. The van der Waals surface area contributed by atoms with E-state index < -0.39 is 0 Å². The lowest BCUT2D eigenvalue weighted by Gasteiger charge is -2.36. The van der Waals surface area contributed by atoms with Gasteiger partial charge in [0.1, 0.15) is 17.3 Å². The van der Waals surface area contributed by atoms with Crippen LogP contribution in [0.4, 0.5) is 10.1 Å². The number of furan rings is 1. The Bertz CT molecular complexity index is 1260. The monoisotopic (exact) mass is 446 g/mol. The van der Waals surface area contributed by atoms with E-state index in [0.717, 1.165) is 60.8 Å². The van der Waals surface area contributed by atoms with Crippen LogP contribution in [0.25, 0.3) is 22.3 Å². The Balaban J connectivity index is 1.40. The van der Waals surface area contributed by atoms with Crippen molar-refractivity contribution in [1.82, 2.24) is 4.90 Å². The molecular formula is C27H27FN2O3. The summed E-state index contributed by atoms with van der Waals surface area (Å²) >= 11 is 0. The van der Waals surface area contributed by atoms with Crippen LogP contribution in [0.3, 0.4) is 0 Å². The second-order valence-corrected chi connectivity index (χ2v) is 8.20. The number of fused-ring (bicyclic) bond motifs is 1. The van der Waals surface area contributed by atoms with Gasteiger partial charge in [0.25, 0.3) is 0 Å². The average molecular weight is 447 g/mol. The Hall–Kier alpha value is -3.51. The normalized spacial score (nSPS) is 14.6. The van der Waals surface area contributed by atoms with E-state index in [2.05, 4.69) is 21.9 Å². The highest BCUT2D eigenvalue weighted by Gasteiger charge is 2.22. The van der Waals surface area contributed by atoms with Crippen LogP contribution in [0, 0.1) is 5.82 Å². The van der Waals surface area contributed by atoms with Gasteiger partial charge in [0, 0.05) is 38.1 Å². The molecule has 4 aromatic rings. The lowest BCUT2D eigenvalue weighted by Crippen LogP contribution is -2.46. The molecule has 0 unspecified atom stereocenters. The number of benzene rings is 3. The smallest absolute Gasteiger partial charge is 0.176 e. The van der Waals surface area contributed by atoms with Crippen LogP contribution in [0.5, 0.6) is 11.5 Å². The Morgan fingerprint density at radius 2 is 1.58 bits per heavy atom. The Morgan fingerprint density at radius 3 is 2.33 bits per heavy atom. The summed E-state index contributed by atoms with van der Waals surface area (Å²) in [7, 11) is 3.32. The van der Waals surface area contributed by atoms with Crippen molar-refractivity contribution in [3.63, 3.8) is 0 Å². The third kappa shape index (κ3) is 4.14. The third-order valence-electron chi connectivity index (χ3n) is 6.29. The summed E-state index contributed by atoms with van der Waals surface area (Å²) in [6.45, 7) is 4.09. The van der Waals surface area contributed by atoms with Crippen molar-refractivity contribution in [2.24, 2.45) is 0 Å². The molecule has 170 valence electrons. The summed E-state index contributed by atoms with van der Waals surface area (Å²) in [5, 5.41) is 1.03. The van der Waals surface area contributed by atoms with Crippen LogP contribution in [-0.2, 0) is 6.54 Å². The fraction of sp³-hybridized carbons (Fsp3) is 0.259. The number of ether oxygens (including phenoxy) is 2. The average Bonchev–Trinajstić information content (AvgIpc) is 3.31. The molecule has 0 N–H and O–H groups in total. The SMILES string of the molecule is COc1ccccc1-c1cc2c(CN3CCN(c4ccccc4F)CC3)ccc(OC)c2o1. The second-order valence-electron chi connectivity index (χ2n) is 8.20. The van der Waals surface area contributed by atoms with Gasteiger partial charge in [-0.1, -0.05) is 30.3 Å². The van der Waals surface area contributed by atoms with Crippen molar-refractivity contribution in [2.45, 2.75) is 6.54 Å². The maximum atomic E-state index is 14.2. The van der Waals surface area contributed by atoms with E-state index in [9.17, 15) is 4.39 Å². The zero-order valence-electron chi connectivity index (χ0n) is 18.9. The Kier molecular flexibility index (Phi) is 5.92. The first-order chi connectivity index (χ1) is 16.2. The van der Waals surface area contributed by atoms with Crippen LogP contribution in [0.2, 0.25) is 0 Å². The first kappa shape index (κ1) is 21.3. The van der Waals surface area contributed by atoms with Crippen LogP contribution >= 0.6 is 0 Å². The zero-order valence-corrected chi connectivity index (χ0v) is 18.9. The van der Waals surface area contributed by atoms with Gasteiger partial charge in [-0.2, -0.15) is 0 Å². The quantitative estimate of drug-likeness (QED) is 0.387. The van der Waals surface area contributed by atoms with Crippen molar-refractivity contribution >= 4 is 16.7 Å². The van der Waals surface area contributed by atoms with Crippen molar-refractivity contribution < 1.29 is 18.3 Å². The van der Waals surface area contributed by atoms with E-state index in [1.54, 1.807) is 20.3 Å². The number of para-hydroxylation sites is 2. The van der Waals surface area contributed by atoms with Crippen LogP contribution in [0.1, 0.15) is 5.56 Å². The number of halogens is 1. The lowest BCUT2D eigenvalue weighted by atomic mass is 10.1. The van der Waals surface area contributed by atoms with Crippen LogP contribution in [-0.4, -0.2) is 45.3 Å². The van der Waals surface area contributed by atoms with E-state index in [-0.39, 0.29) is 5.82 Å². The summed E-state index contributed by atoms with van der Waals surface area (Å²) in [5.74, 6) is 2.06. The zero-order chi connectivity index (χ0) is 22.8. The molecule has 5 rings (SSSR count). The molecule has 0 amide bonds. The fourth-order valence-corrected chi connectivity index (χ4v) is 4.53. The van der Waals surface area contributed by atoms with Gasteiger partial charge in [-0.25, -0.2) is 4.39 Å². The molecule has 0 aliphatic carbocycles. The minimum Gasteiger partial charge on any atom is -0.496 e. The van der Waals surface area contributed by atoms with Gasteiger partial charge in [0.15, 0.2) is 11.3 Å². The van der Waals surface area contributed by atoms with Crippen molar-refractivity contribution in [2.75, 3.05) is 45.3 Å². The molecule has 1 aliphatic heterocycles. The minimum absolute atomic E-state index is 0.162. The van der Waals surface area contributed by atoms with Crippen molar-refractivity contribution in [3.05, 3.63) is 78.1 Å². The maximum absolute atomic E-state index is 14.2. The molecule has 0 bridgehead atoms. The number of piperazine rings is 1. The summed E-state index contributed by atoms with van der Waals surface area (Å²) in [5.41, 5.74) is 3.50. The molecule has 0 spiro atoms. The number of anilines is 1. The largest absolute Gasteiger partial charge is 0.496 e. The molecule has 6 heteroatoms. The summed E-state index contributed by atoms with van der Waals surface area (Å²) in [4.78, 5) is 4.52. The van der Waals surface area contributed by atoms with Gasteiger partial charge < -0.3 is 18.8 Å². The molecule has 0 radical (unpaired) electrons. The highest BCUT2D eigenvalue weighted by molar-refractivity contribution is 5.91. The molecule has 3 aromatic carbocycles. The minimum atomic E-state index is -0.162. The van der Waals surface area contributed by atoms with E-state index >= 15 is 0 Å². The molecule has 1 aliphatic rings. The molecule has 5 nitrogen and oxygen atoms in total. The summed E-state index contributed by atoms with van der Waals surface area (Å²) < 4.78 is 31.5. The molecule has 0 saturated carbocycles. The van der Waals surface area contributed by atoms with E-state index in [0.29, 0.717) is 11.4 Å². The predicted molar refractivity (Wildman–Crippen MR) is 129 cm³/mol. The number of rotatable bonds is 6. The molecule has 2 heterocycles. The molecule has 1 fully saturated rings. The summed E-state index contributed by atoms with van der Waals surface area (Å²) in [6.07, 6.45) is 0. The van der Waals surface area contributed by atoms with E-state index in [1.165, 1.54) is 11.6 Å². The topological polar surface area (TPSA) is 38.1 Å². The second kappa shape index (κ2) is 9.16. The Morgan fingerprint density at radius 1 is 0.848 bits per heavy atom. The molecule has 33 heavy (non-hydrogen) atoms. The third-order valence-corrected chi connectivity index (χ3v) is 6.29. The fourth-order valence-electron chi connectivity index (χ4n) is 4.53. The van der Waals surface area contributed by atoms with Crippen molar-refractivity contribution in [1.29, 1.82) is 0 Å². The first-order valence-electron chi connectivity index (χ1n) is 11.1. The van der Waals surface area contributed by atoms with Crippen molar-refractivity contribution in [3.8, 4) is 22.8 Å². The lowest BCUT2D eigenvalue weighted by molar-refractivity contribution is 0.250. The van der Waals surface area contributed by atoms with Gasteiger partial charge in [-0.15, -0.1) is 0 Å². The van der Waals surface area contributed by atoms with Crippen LogP contribution in [0.15, 0.2) is 71.1 Å². The molecular weight excluding hydrogens is 419 g/mol. The summed E-state index contributed by atoms with van der Waals surface area (Å²) in [6, 6.07) is 21.0. The number of hydrogen-bond donors (Lipinski definition) is 0. The van der Waals surface area contributed by atoms with Gasteiger partial charge in [0.2, 0.25) is 0 Å². The Labute approximate surface area is 192 Å². The molecule has 1 saturated heterocycles. The molecule has 1 aromatic heterocycles. The molecule has 0 atom stereocenters. The van der Waals surface area contributed by atoms with Gasteiger partial charge in [0.05, 0.1) is 25.5 Å².